The van der Waals surface area contributed by atoms with Gasteiger partial charge in [0.15, 0.2) is 6.10 Å². The van der Waals surface area contributed by atoms with Crippen molar-refractivity contribution in [1.82, 2.24) is 10.6 Å². The molecule has 0 spiro atoms. The molecule has 0 saturated carbocycles. The second-order valence-corrected chi connectivity index (χ2v) is 10.3. The summed E-state index contributed by atoms with van der Waals surface area (Å²) in [6.45, 7) is 6.16. The predicted molar refractivity (Wildman–Crippen MR) is 130 cm³/mol. The Kier molecular flexibility index (Phi) is 7.12. The lowest BCUT2D eigenvalue weighted by Crippen LogP contribution is -2.52. The highest BCUT2D eigenvalue weighted by Gasteiger charge is 2.38. The summed E-state index contributed by atoms with van der Waals surface area (Å²) in [6.07, 6.45) is -0.910. The number of carboxylic acid groups (broad SMARTS) is 1. The molecule has 1 heterocycles. The molecule has 186 valence electrons. The van der Waals surface area contributed by atoms with Crippen molar-refractivity contribution < 1.29 is 29.0 Å². The highest BCUT2D eigenvalue weighted by Crippen LogP contribution is 2.44. The van der Waals surface area contributed by atoms with Gasteiger partial charge >= 0.3 is 12.1 Å². The number of fused-ring (bicyclic) bond motifs is 3. The topological polar surface area (TPSA) is 114 Å². The van der Waals surface area contributed by atoms with E-state index in [0.717, 1.165) is 22.3 Å². The lowest BCUT2D eigenvalue weighted by atomic mass is 9.88. The van der Waals surface area contributed by atoms with E-state index in [4.69, 9.17) is 9.47 Å². The maximum absolute atomic E-state index is 12.8. The van der Waals surface area contributed by atoms with Crippen LogP contribution in [0, 0.1) is 5.41 Å². The first kappa shape index (κ1) is 24.7. The SMILES string of the molecule is CC(C)(C)CC(NC(=O)C1OCCC1NC(=O)OCC1c2ccccc2-c2ccccc21)C(=O)O. The first-order chi connectivity index (χ1) is 16.6. The molecule has 3 N–H and O–H groups in total. The van der Waals surface area contributed by atoms with Crippen LogP contribution in [0.5, 0.6) is 0 Å². The van der Waals surface area contributed by atoms with Crippen molar-refractivity contribution in [1.29, 1.82) is 0 Å². The van der Waals surface area contributed by atoms with Crippen LogP contribution >= 0.6 is 0 Å². The zero-order valence-electron chi connectivity index (χ0n) is 20.2. The third-order valence-electron chi connectivity index (χ3n) is 6.43. The Bertz CT molecular complexity index is 1060. The van der Waals surface area contributed by atoms with E-state index in [1.54, 1.807) is 0 Å². The Morgan fingerprint density at radius 3 is 2.23 bits per heavy atom. The van der Waals surface area contributed by atoms with E-state index in [1.807, 2.05) is 57.2 Å². The van der Waals surface area contributed by atoms with Gasteiger partial charge in [0.25, 0.3) is 5.91 Å². The van der Waals surface area contributed by atoms with Crippen LogP contribution in [-0.2, 0) is 19.1 Å². The summed E-state index contributed by atoms with van der Waals surface area (Å²) in [7, 11) is 0. The van der Waals surface area contributed by atoms with Crippen molar-refractivity contribution in [3.05, 3.63) is 59.7 Å². The molecule has 4 rings (SSSR count). The van der Waals surface area contributed by atoms with E-state index < -0.39 is 36.2 Å². The Morgan fingerprint density at radius 2 is 1.66 bits per heavy atom. The number of amides is 2. The zero-order chi connectivity index (χ0) is 25.2. The number of alkyl carbamates (subject to hydrolysis) is 1. The van der Waals surface area contributed by atoms with Crippen LogP contribution in [-0.4, -0.2) is 54.5 Å². The van der Waals surface area contributed by atoms with E-state index >= 15 is 0 Å². The van der Waals surface area contributed by atoms with Gasteiger partial charge in [-0.05, 0) is 40.5 Å². The van der Waals surface area contributed by atoms with Gasteiger partial charge in [-0.15, -0.1) is 0 Å². The molecule has 1 aliphatic carbocycles. The van der Waals surface area contributed by atoms with Crippen LogP contribution in [0.1, 0.15) is 50.7 Å². The standard InChI is InChI=1S/C27H32N2O6/c1-27(2,3)14-22(25(31)32)28-24(30)23-21(12-13-34-23)29-26(33)35-15-20-18-10-6-4-8-16(18)17-9-5-7-11-19(17)20/h4-11,20-23H,12-15H2,1-3H3,(H,28,30)(H,29,33)(H,31,32). The van der Waals surface area contributed by atoms with Crippen LogP contribution in [0.3, 0.4) is 0 Å². The highest BCUT2D eigenvalue weighted by atomic mass is 16.6. The predicted octanol–water partition coefficient (Wildman–Crippen LogP) is 3.69. The molecule has 0 bridgehead atoms. The van der Waals surface area contributed by atoms with Crippen LogP contribution in [0.4, 0.5) is 4.79 Å². The minimum atomic E-state index is -1.10. The molecule has 35 heavy (non-hydrogen) atoms. The molecule has 0 radical (unpaired) electrons. The molecular formula is C27H32N2O6. The van der Waals surface area contributed by atoms with Crippen molar-refractivity contribution >= 4 is 18.0 Å². The molecule has 8 nitrogen and oxygen atoms in total. The molecule has 2 amide bonds. The number of ether oxygens (including phenoxy) is 2. The molecule has 1 saturated heterocycles. The average molecular weight is 481 g/mol. The number of hydrogen-bond acceptors (Lipinski definition) is 5. The summed E-state index contributed by atoms with van der Waals surface area (Å²) in [6, 6.07) is 14.5. The summed E-state index contributed by atoms with van der Waals surface area (Å²) >= 11 is 0. The third-order valence-corrected chi connectivity index (χ3v) is 6.43. The number of benzene rings is 2. The van der Waals surface area contributed by atoms with Gasteiger partial charge < -0.3 is 25.2 Å². The van der Waals surface area contributed by atoms with Gasteiger partial charge in [-0.1, -0.05) is 69.3 Å². The quantitative estimate of drug-likeness (QED) is 0.557. The van der Waals surface area contributed by atoms with Crippen molar-refractivity contribution in [3.8, 4) is 11.1 Å². The molecule has 1 aliphatic heterocycles. The Hall–Kier alpha value is -3.39. The molecule has 2 aromatic carbocycles. The molecule has 2 aliphatic rings. The van der Waals surface area contributed by atoms with Crippen molar-refractivity contribution in [3.63, 3.8) is 0 Å². The molecule has 8 heteroatoms. The summed E-state index contributed by atoms with van der Waals surface area (Å²) in [5.74, 6) is -1.73. The maximum Gasteiger partial charge on any atom is 0.407 e. The normalized spacial score (nSPS) is 20.0. The monoisotopic (exact) mass is 480 g/mol. The highest BCUT2D eigenvalue weighted by molar-refractivity contribution is 5.87. The summed E-state index contributed by atoms with van der Waals surface area (Å²) in [4.78, 5) is 37.1. The van der Waals surface area contributed by atoms with E-state index in [0.29, 0.717) is 6.42 Å². The van der Waals surface area contributed by atoms with E-state index in [-0.39, 0.29) is 31.0 Å². The Labute approximate surface area is 205 Å². The number of carbonyl (C=O) groups excluding carboxylic acids is 2. The van der Waals surface area contributed by atoms with Gasteiger partial charge in [-0.25, -0.2) is 9.59 Å². The first-order valence-electron chi connectivity index (χ1n) is 11.9. The number of aliphatic carboxylic acids is 1. The smallest absolute Gasteiger partial charge is 0.407 e. The fourth-order valence-electron chi connectivity index (χ4n) is 4.85. The number of carboxylic acids is 1. The van der Waals surface area contributed by atoms with Crippen LogP contribution in [0.2, 0.25) is 0 Å². The molecule has 3 atom stereocenters. The van der Waals surface area contributed by atoms with E-state index in [2.05, 4.69) is 22.8 Å². The van der Waals surface area contributed by atoms with Gasteiger partial charge in [-0.3, -0.25) is 4.79 Å². The minimum absolute atomic E-state index is 0.0687. The molecule has 3 unspecified atom stereocenters. The largest absolute Gasteiger partial charge is 0.480 e. The second kappa shape index (κ2) is 10.1. The van der Waals surface area contributed by atoms with Crippen LogP contribution < -0.4 is 10.6 Å². The molecule has 2 aromatic rings. The Morgan fingerprint density at radius 1 is 1.06 bits per heavy atom. The van der Waals surface area contributed by atoms with Crippen LogP contribution in [0.15, 0.2) is 48.5 Å². The average Bonchev–Trinajstić information content (AvgIpc) is 3.39. The molecule has 1 fully saturated rings. The first-order valence-corrected chi connectivity index (χ1v) is 11.9. The van der Waals surface area contributed by atoms with E-state index in [9.17, 15) is 19.5 Å². The summed E-state index contributed by atoms with van der Waals surface area (Å²) in [5.41, 5.74) is 4.22. The second-order valence-electron chi connectivity index (χ2n) is 10.3. The number of carbonyl (C=O) groups is 3. The number of rotatable bonds is 7. The lowest BCUT2D eigenvalue weighted by molar-refractivity contribution is -0.144. The third kappa shape index (κ3) is 5.65. The van der Waals surface area contributed by atoms with Crippen molar-refractivity contribution in [2.45, 2.75) is 57.7 Å². The van der Waals surface area contributed by atoms with Crippen LogP contribution in [0.25, 0.3) is 11.1 Å². The van der Waals surface area contributed by atoms with Gasteiger partial charge in [-0.2, -0.15) is 0 Å². The fourth-order valence-corrected chi connectivity index (χ4v) is 4.85. The van der Waals surface area contributed by atoms with Crippen molar-refractivity contribution in [2.75, 3.05) is 13.2 Å². The van der Waals surface area contributed by atoms with Gasteiger partial charge in [0.2, 0.25) is 0 Å². The fraction of sp³-hybridized carbons (Fsp3) is 0.444. The van der Waals surface area contributed by atoms with Gasteiger partial charge in [0, 0.05) is 12.5 Å². The molecular weight excluding hydrogens is 448 g/mol. The van der Waals surface area contributed by atoms with Crippen molar-refractivity contribution in [2.24, 2.45) is 5.41 Å². The zero-order valence-corrected chi connectivity index (χ0v) is 20.2. The van der Waals surface area contributed by atoms with Gasteiger partial charge in [0.05, 0.1) is 6.04 Å². The maximum atomic E-state index is 12.8. The molecule has 0 aromatic heterocycles. The number of hydrogen-bond donors (Lipinski definition) is 3. The minimum Gasteiger partial charge on any atom is -0.480 e. The lowest BCUT2D eigenvalue weighted by Gasteiger charge is -2.26. The summed E-state index contributed by atoms with van der Waals surface area (Å²) in [5, 5.41) is 14.8. The van der Waals surface area contributed by atoms with E-state index in [1.165, 1.54) is 0 Å². The Balaban J connectivity index is 1.36. The van der Waals surface area contributed by atoms with Gasteiger partial charge in [0.1, 0.15) is 12.6 Å². The summed E-state index contributed by atoms with van der Waals surface area (Å²) < 4.78 is 11.1. The number of nitrogens with one attached hydrogen (secondary N) is 2.